The molecule has 0 spiro atoms. The van der Waals surface area contributed by atoms with Gasteiger partial charge in [-0.15, -0.1) is 0 Å². The minimum absolute atomic E-state index is 0.0348. The number of anilines is 1. The lowest BCUT2D eigenvalue weighted by Crippen LogP contribution is -2.50. The number of hydrogen-bond donors (Lipinski definition) is 2. The fourth-order valence-corrected chi connectivity index (χ4v) is 6.85. The van der Waals surface area contributed by atoms with Crippen molar-refractivity contribution in [3.63, 3.8) is 0 Å². The Hall–Kier alpha value is -3.65. The van der Waals surface area contributed by atoms with Gasteiger partial charge in [-0.1, -0.05) is 25.1 Å². The Labute approximate surface area is 246 Å². The van der Waals surface area contributed by atoms with E-state index in [4.69, 9.17) is 9.47 Å². The fraction of sp³-hybridized carbons (Fsp3) is 0.345. The van der Waals surface area contributed by atoms with Gasteiger partial charge in [0, 0.05) is 25.2 Å². The maximum absolute atomic E-state index is 13.7. The summed E-state index contributed by atoms with van der Waals surface area (Å²) in [6.45, 7) is 3.37. The van der Waals surface area contributed by atoms with Crippen molar-refractivity contribution in [1.82, 2.24) is 9.21 Å². The topological polar surface area (TPSA) is 143 Å². The standard InChI is InChI=1S/C29H35N3O8S2/c1-20-17-32(21(2)19-33)29(34)26-16-22(30-41(35,36)24-8-6-5-7-9-24)10-15-27(26)40-28(20)18-31(3)42(37,38)25-13-11-23(39-4)12-14-25/h5-16,20-21,28,30,33H,17-19H2,1-4H3/t20-,21+,28+/m0/s1. The van der Waals surface area contributed by atoms with Crippen LogP contribution in [0.1, 0.15) is 24.2 Å². The number of ether oxygens (including phenoxy) is 2. The number of aliphatic hydroxyl groups is 1. The predicted molar refractivity (Wildman–Crippen MR) is 158 cm³/mol. The van der Waals surface area contributed by atoms with Crippen LogP contribution in [0.4, 0.5) is 5.69 Å². The Kier molecular flexibility index (Phi) is 9.46. The molecule has 0 saturated heterocycles. The molecule has 1 amide bonds. The quantitative estimate of drug-likeness (QED) is 0.354. The highest BCUT2D eigenvalue weighted by atomic mass is 32.2. The predicted octanol–water partition coefficient (Wildman–Crippen LogP) is 3.04. The Morgan fingerprint density at radius 2 is 1.71 bits per heavy atom. The number of aliphatic hydroxyl groups excluding tert-OH is 1. The average molecular weight is 618 g/mol. The Bertz CT molecular complexity index is 1610. The number of fused-ring (bicyclic) bond motifs is 1. The van der Waals surface area contributed by atoms with E-state index < -0.39 is 38.1 Å². The molecule has 0 aromatic heterocycles. The van der Waals surface area contributed by atoms with Crippen molar-refractivity contribution in [3.05, 3.63) is 78.4 Å². The third-order valence-corrected chi connectivity index (χ3v) is 10.4. The summed E-state index contributed by atoms with van der Waals surface area (Å²) in [6.07, 6.45) is -0.685. The van der Waals surface area contributed by atoms with Crippen LogP contribution >= 0.6 is 0 Å². The van der Waals surface area contributed by atoms with Crippen LogP contribution in [0.2, 0.25) is 0 Å². The molecule has 3 aromatic carbocycles. The van der Waals surface area contributed by atoms with Crippen LogP contribution < -0.4 is 14.2 Å². The van der Waals surface area contributed by atoms with Crippen molar-refractivity contribution in [3.8, 4) is 11.5 Å². The number of hydrogen-bond acceptors (Lipinski definition) is 8. The zero-order valence-corrected chi connectivity index (χ0v) is 25.4. The zero-order chi connectivity index (χ0) is 30.7. The molecule has 0 radical (unpaired) electrons. The van der Waals surface area contributed by atoms with E-state index in [0.717, 1.165) is 0 Å². The van der Waals surface area contributed by atoms with Gasteiger partial charge in [-0.2, -0.15) is 4.31 Å². The van der Waals surface area contributed by atoms with Crippen LogP contribution in [-0.2, 0) is 20.0 Å². The smallest absolute Gasteiger partial charge is 0.261 e. The highest BCUT2D eigenvalue weighted by Crippen LogP contribution is 2.32. The summed E-state index contributed by atoms with van der Waals surface area (Å²) in [5.41, 5.74) is 0.233. The van der Waals surface area contributed by atoms with Gasteiger partial charge in [0.25, 0.3) is 15.9 Å². The van der Waals surface area contributed by atoms with E-state index in [1.54, 1.807) is 37.3 Å². The summed E-state index contributed by atoms with van der Waals surface area (Å²) in [4.78, 5) is 15.3. The van der Waals surface area contributed by atoms with E-state index in [1.165, 1.54) is 65.8 Å². The molecule has 1 heterocycles. The van der Waals surface area contributed by atoms with Crippen molar-refractivity contribution >= 4 is 31.6 Å². The molecule has 226 valence electrons. The molecule has 0 unspecified atom stereocenters. The van der Waals surface area contributed by atoms with E-state index in [9.17, 15) is 26.7 Å². The van der Waals surface area contributed by atoms with Gasteiger partial charge in [0.05, 0.1) is 41.7 Å². The van der Waals surface area contributed by atoms with Crippen molar-refractivity contribution in [2.24, 2.45) is 5.92 Å². The van der Waals surface area contributed by atoms with Gasteiger partial charge in [0.15, 0.2) is 0 Å². The molecule has 42 heavy (non-hydrogen) atoms. The number of benzene rings is 3. The number of carbonyl (C=O) groups is 1. The minimum Gasteiger partial charge on any atom is -0.497 e. The molecule has 1 aliphatic heterocycles. The molecule has 0 saturated carbocycles. The number of amides is 1. The SMILES string of the molecule is COc1ccc(S(=O)(=O)N(C)C[C@H]2Oc3ccc(NS(=O)(=O)c4ccccc4)cc3C(=O)N([C@H](C)CO)C[C@@H]2C)cc1. The van der Waals surface area contributed by atoms with Gasteiger partial charge in [0.1, 0.15) is 17.6 Å². The van der Waals surface area contributed by atoms with Crippen molar-refractivity contribution in [2.45, 2.75) is 35.8 Å². The third kappa shape index (κ3) is 6.70. The molecule has 11 nitrogen and oxygen atoms in total. The molecule has 13 heteroatoms. The summed E-state index contributed by atoms with van der Waals surface area (Å²) in [7, 11) is -4.86. The first-order valence-corrected chi connectivity index (χ1v) is 16.2. The average Bonchev–Trinajstić information content (AvgIpc) is 2.99. The monoisotopic (exact) mass is 617 g/mol. The lowest BCUT2D eigenvalue weighted by atomic mass is 9.99. The number of rotatable bonds is 10. The van der Waals surface area contributed by atoms with E-state index in [0.29, 0.717) is 5.75 Å². The molecule has 3 aromatic rings. The Morgan fingerprint density at radius 3 is 2.33 bits per heavy atom. The lowest BCUT2D eigenvalue weighted by molar-refractivity contribution is 0.0387. The summed E-state index contributed by atoms with van der Waals surface area (Å²) < 4.78 is 67.6. The molecule has 4 rings (SSSR count). The summed E-state index contributed by atoms with van der Waals surface area (Å²) in [6, 6.07) is 17.7. The first kappa shape index (κ1) is 31.3. The Balaban J connectivity index is 1.67. The summed E-state index contributed by atoms with van der Waals surface area (Å²) in [5.74, 6) is -0.0827. The number of nitrogens with zero attached hydrogens (tertiary/aromatic N) is 2. The van der Waals surface area contributed by atoms with E-state index in [2.05, 4.69) is 4.72 Å². The van der Waals surface area contributed by atoms with Crippen LogP contribution in [0, 0.1) is 5.92 Å². The van der Waals surface area contributed by atoms with Crippen LogP contribution in [0.5, 0.6) is 11.5 Å². The zero-order valence-electron chi connectivity index (χ0n) is 23.8. The van der Waals surface area contributed by atoms with Gasteiger partial charge in [-0.3, -0.25) is 9.52 Å². The van der Waals surface area contributed by atoms with Gasteiger partial charge >= 0.3 is 0 Å². The number of methoxy groups -OCH3 is 1. The maximum atomic E-state index is 13.7. The normalized spacial score (nSPS) is 18.4. The van der Waals surface area contributed by atoms with Gasteiger partial charge < -0.3 is 19.5 Å². The van der Waals surface area contributed by atoms with Gasteiger partial charge in [0.2, 0.25) is 10.0 Å². The summed E-state index contributed by atoms with van der Waals surface area (Å²) >= 11 is 0. The highest BCUT2D eigenvalue weighted by Gasteiger charge is 2.35. The van der Waals surface area contributed by atoms with Crippen molar-refractivity contribution in [1.29, 1.82) is 0 Å². The molecule has 3 atom stereocenters. The number of nitrogens with one attached hydrogen (secondary N) is 1. The highest BCUT2D eigenvalue weighted by molar-refractivity contribution is 7.92. The van der Waals surface area contributed by atoms with Crippen LogP contribution in [0.25, 0.3) is 0 Å². The van der Waals surface area contributed by atoms with Crippen LogP contribution in [-0.4, -0.2) is 83.1 Å². The third-order valence-electron chi connectivity index (χ3n) is 7.18. The number of likely N-dealkylation sites (N-methyl/N-ethyl adjacent to an activating group) is 1. The molecule has 1 aliphatic rings. The van der Waals surface area contributed by atoms with Crippen LogP contribution in [0.15, 0.2) is 82.6 Å². The first-order valence-electron chi connectivity index (χ1n) is 13.3. The lowest BCUT2D eigenvalue weighted by Gasteiger charge is -2.38. The van der Waals surface area contributed by atoms with Gasteiger partial charge in [-0.25, -0.2) is 16.8 Å². The van der Waals surface area contributed by atoms with E-state index >= 15 is 0 Å². The van der Waals surface area contributed by atoms with E-state index in [1.807, 2.05) is 6.92 Å². The largest absolute Gasteiger partial charge is 0.497 e. The second-order valence-corrected chi connectivity index (χ2v) is 13.9. The van der Waals surface area contributed by atoms with Crippen molar-refractivity contribution < 1.29 is 36.2 Å². The molecule has 0 fully saturated rings. The fourth-order valence-electron chi connectivity index (χ4n) is 4.60. The molecule has 0 aliphatic carbocycles. The molecule has 0 bridgehead atoms. The second-order valence-electron chi connectivity index (χ2n) is 10.2. The molecular weight excluding hydrogens is 582 g/mol. The number of sulfonamides is 2. The summed E-state index contributed by atoms with van der Waals surface area (Å²) in [5, 5.41) is 9.90. The number of carbonyl (C=O) groups excluding carboxylic acids is 1. The molecular formula is C29H35N3O8S2. The maximum Gasteiger partial charge on any atom is 0.261 e. The Morgan fingerprint density at radius 1 is 1.05 bits per heavy atom. The molecule has 2 N–H and O–H groups in total. The van der Waals surface area contributed by atoms with Gasteiger partial charge in [-0.05, 0) is 61.5 Å². The first-order chi connectivity index (χ1) is 19.9. The van der Waals surface area contributed by atoms with Crippen molar-refractivity contribution in [2.75, 3.05) is 38.6 Å². The van der Waals surface area contributed by atoms with E-state index in [-0.39, 0.29) is 52.4 Å². The van der Waals surface area contributed by atoms with Crippen LogP contribution in [0.3, 0.4) is 0 Å². The minimum atomic E-state index is -3.93. The second kappa shape index (κ2) is 12.7.